The first-order valence-corrected chi connectivity index (χ1v) is 6.41. The van der Waals surface area contributed by atoms with Gasteiger partial charge in [-0.15, -0.1) is 0 Å². The topological polar surface area (TPSA) is 40.5 Å². The zero-order chi connectivity index (χ0) is 13.7. The molecule has 0 radical (unpaired) electrons. The Morgan fingerprint density at radius 3 is 2.22 bits per heavy atom. The van der Waals surface area contributed by atoms with Gasteiger partial charge in [0, 0.05) is 19.1 Å². The highest BCUT2D eigenvalue weighted by Gasteiger charge is 2.12. The lowest BCUT2D eigenvalue weighted by Gasteiger charge is -2.26. The highest BCUT2D eigenvalue weighted by molar-refractivity contribution is 5.66. The Hall–Kier alpha value is -1.35. The van der Waals surface area contributed by atoms with E-state index in [1.54, 1.807) is 0 Å². The van der Waals surface area contributed by atoms with Crippen LogP contribution in [0.2, 0.25) is 0 Å². The highest BCUT2D eigenvalue weighted by Crippen LogP contribution is 2.13. The van der Waals surface area contributed by atoms with Crippen LogP contribution in [-0.2, 0) is 11.3 Å². The third-order valence-corrected chi connectivity index (χ3v) is 3.01. The van der Waals surface area contributed by atoms with Gasteiger partial charge in [0.1, 0.15) is 0 Å². The van der Waals surface area contributed by atoms with Crippen molar-refractivity contribution in [2.75, 3.05) is 6.54 Å². The fraction of sp³-hybridized carbons (Fsp3) is 0.533. The first-order chi connectivity index (χ1) is 8.38. The molecule has 0 bridgehead atoms. The number of hydrogen-bond donors (Lipinski definition) is 1. The van der Waals surface area contributed by atoms with E-state index in [2.05, 4.69) is 50.8 Å². The molecule has 1 rings (SSSR count). The summed E-state index contributed by atoms with van der Waals surface area (Å²) < 4.78 is 0. The molecular formula is C15H23NO2. The molecule has 100 valence electrons. The van der Waals surface area contributed by atoms with Gasteiger partial charge in [0.25, 0.3) is 0 Å². The van der Waals surface area contributed by atoms with Crippen molar-refractivity contribution in [3.8, 4) is 0 Å². The molecular weight excluding hydrogens is 226 g/mol. The summed E-state index contributed by atoms with van der Waals surface area (Å²) in [5, 5.41) is 8.77. The monoisotopic (exact) mass is 249 g/mol. The maximum absolute atomic E-state index is 10.7. The van der Waals surface area contributed by atoms with E-state index in [-0.39, 0.29) is 6.42 Å². The van der Waals surface area contributed by atoms with Crippen LogP contribution in [0.3, 0.4) is 0 Å². The number of carboxylic acids is 1. The Morgan fingerprint density at radius 2 is 1.78 bits per heavy atom. The lowest BCUT2D eigenvalue weighted by molar-refractivity contribution is -0.137. The first-order valence-electron chi connectivity index (χ1n) is 6.41. The molecule has 1 aromatic rings. The minimum atomic E-state index is -0.735. The summed E-state index contributed by atoms with van der Waals surface area (Å²) in [6.45, 7) is 9.80. The van der Waals surface area contributed by atoms with Crippen LogP contribution in [0.4, 0.5) is 0 Å². The molecule has 0 saturated carbocycles. The summed E-state index contributed by atoms with van der Waals surface area (Å²) in [7, 11) is 0. The zero-order valence-electron chi connectivity index (χ0n) is 11.7. The van der Waals surface area contributed by atoms with Crippen molar-refractivity contribution in [3.63, 3.8) is 0 Å². The summed E-state index contributed by atoms with van der Waals surface area (Å²) >= 11 is 0. The lowest BCUT2D eigenvalue weighted by Crippen LogP contribution is -2.32. The molecule has 0 spiro atoms. The minimum Gasteiger partial charge on any atom is -0.481 e. The summed E-state index contributed by atoms with van der Waals surface area (Å²) in [5.74, 6) is -0.735. The predicted molar refractivity (Wildman–Crippen MR) is 73.7 cm³/mol. The Kier molecular flexibility index (Phi) is 5.35. The number of hydrogen-bond acceptors (Lipinski definition) is 2. The van der Waals surface area contributed by atoms with E-state index in [4.69, 9.17) is 5.11 Å². The second-order valence-electron chi connectivity index (χ2n) is 5.20. The molecule has 0 atom stereocenters. The van der Waals surface area contributed by atoms with Crippen LogP contribution in [0.5, 0.6) is 0 Å². The maximum atomic E-state index is 10.7. The molecule has 3 heteroatoms. The Bertz CT molecular complexity index is 393. The van der Waals surface area contributed by atoms with Gasteiger partial charge in [0.2, 0.25) is 0 Å². The fourth-order valence-electron chi connectivity index (χ4n) is 2.15. The van der Waals surface area contributed by atoms with Crippen molar-refractivity contribution in [2.24, 2.45) is 0 Å². The Labute approximate surface area is 109 Å². The van der Waals surface area contributed by atoms with E-state index in [9.17, 15) is 4.79 Å². The molecule has 18 heavy (non-hydrogen) atoms. The molecule has 0 aliphatic carbocycles. The summed E-state index contributed by atoms with van der Waals surface area (Å²) in [5.41, 5.74) is 3.77. The van der Waals surface area contributed by atoms with Crippen molar-refractivity contribution in [2.45, 2.75) is 46.7 Å². The van der Waals surface area contributed by atoms with Crippen molar-refractivity contribution in [3.05, 3.63) is 34.9 Å². The Morgan fingerprint density at radius 1 is 1.22 bits per heavy atom. The number of carbonyl (C=O) groups is 1. The van der Waals surface area contributed by atoms with Gasteiger partial charge in [-0.3, -0.25) is 9.69 Å². The second-order valence-corrected chi connectivity index (χ2v) is 5.20. The van der Waals surface area contributed by atoms with Crippen LogP contribution in [0, 0.1) is 13.8 Å². The van der Waals surface area contributed by atoms with Crippen molar-refractivity contribution >= 4 is 5.97 Å². The van der Waals surface area contributed by atoms with E-state index in [0.29, 0.717) is 12.6 Å². The number of aliphatic carboxylic acids is 1. The SMILES string of the molecule is Cc1cc(C)cc(CN(CCC(=O)O)C(C)C)c1. The molecule has 0 aliphatic rings. The molecule has 0 unspecified atom stereocenters. The predicted octanol–water partition coefficient (Wildman–Crippen LogP) is 2.99. The number of benzene rings is 1. The lowest BCUT2D eigenvalue weighted by atomic mass is 10.1. The maximum Gasteiger partial charge on any atom is 0.304 e. The van der Waals surface area contributed by atoms with E-state index in [1.807, 2.05) is 0 Å². The largest absolute Gasteiger partial charge is 0.481 e. The third-order valence-electron chi connectivity index (χ3n) is 3.01. The van der Waals surface area contributed by atoms with E-state index >= 15 is 0 Å². The van der Waals surface area contributed by atoms with Crippen LogP contribution in [0.25, 0.3) is 0 Å². The summed E-state index contributed by atoms with van der Waals surface area (Å²) in [4.78, 5) is 12.9. The van der Waals surface area contributed by atoms with Gasteiger partial charge < -0.3 is 5.11 Å². The van der Waals surface area contributed by atoms with Gasteiger partial charge in [-0.2, -0.15) is 0 Å². The molecule has 1 N–H and O–H groups in total. The normalized spacial score (nSPS) is 11.2. The van der Waals surface area contributed by atoms with Gasteiger partial charge in [-0.25, -0.2) is 0 Å². The molecule has 0 saturated heterocycles. The first kappa shape index (κ1) is 14.7. The molecule has 0 aliphatic heterocycles. The van der Waals surface area contributed by atoms with Crippen LogP contribution >= 0.6 is 0 Å². The molecule has 1 aromatic carbocycles. The number of nitrogens with zero attached hydrogens (tertiary/aromatic N) is 1. The zero-order valence-corrected chi connectivity index (χ0v) is 11.7. The van der Waals surface area contributed by atoms with Crippen LogP contribution < -0.4 is 0 Å². The van der Waals surface area contributed by atoms with Gasteiger partial charge >= 0.3 is 5.97 Å². The minimum absolute atomic E-state index is 0.197. The number of aryl methyl sites for hydroxylation is 2. The summed E-state index contributed by atoms with van der Waals surface area (Å²) in [6.07, 6.45) is 0.197. The summed E-state index contributed by atoms with van der Waals surface area (Å²) in [6, 6.07) is 6.84. The van der Waals surface area contributed by atoms with E-state index in [1.165, 1.54) is 16.7 Å². The van der Waals surface area contributed by atoms with E-state index in [0.717, 1.165) is 6.54 Å². The quantitative estimate of drug-likeness (QED) is 0.842. The average Bonchev–Trinajstić information content (AvgIpc) is 2.22. The van der Waals surface area contributed by atoms with Gasteiger partial charge in [-0.05, 0) is 33.3 Å². The molecule has 0 aromatic heterocycles. The van der Waals surface area contributed by atoms with E-state index < -0.39 is 5.97 Å². The number of rotatable bonds is 6. The molecule has 3 nitrogen and oxygen atoms in total. The Balaban J connectivity index is 2.73. The third kappa shape index (κ3) is 4.88. The molecule has 0 fully saturated rings. The van der Waals surface area contributed by atoms with Gasteiger partial charge in [0.15, 0.2) is 0 Å². The van der Waals surface area contributed by atoms with Gasteiger partial charge in [0.05, 0.1) is 6.42 Å². The van der Waals surface area contributed by atoms with Gasteiger partial charge in [-0.1, -0.05) is 29.3 Å². The fourth-order valence-corrected chi connectivity index (χ4v) is 2.15. The van der Waals surface area contributed by atoms with Crippen LogP contribution in [0.15, 0.2) is 18.2 Å². The molecule has 0 heterocycles. The van der Waals surface area contributed by atoms with Crippen molar-refractivity contribution in [1.82, 2.24) is 4.90 Å². The second kappa shape index (κ2) is 6.55. The highest BCUT2D eigenvalue weighted by atomic mass is 16.4. The van der Waals surface area contributed by atoms with Crippen LogP contribution in [-0.4, -0.2) is 28.6 Å². The van der Waals surface area contributed by atoms with Crippen LogP contribution in [0.1, 0.15) is 37.0 Å². The smallest absolute Gasteiger partial charge is 0.304 e. The van der Waals surface area contributed by atoms with Crippen molar-refractivity contribution in [1.29, 1.82) is 0 Å². The molecule has 0 amide bonds. The van der Waals surface area contributed by atoms with Crippen molar-refractivity contribution < 1.29 is 9.90 Å². The number of carboxylic acid groups (broad SMARTS) is 1. The standard InChI is InChI=1S/C15H23NO2/c1-11(2)16(6-5-15(17)18)10-14-8-12(3)7-13(4)9-14/h7-9,11H,5-6,10H2,1-4H3,(H,17,18). The average molecular weight is 249 g/mol.